The Morgan fingerprint density at radius 3 is 2.12 bits per heavy atom. The molecule has 1 aliphatic rings. The van der Waals surface area contributed by atoms with E-state index >= 15 is 0 Å². The summed E-state index contributed by atoms with van der Waals surface area (Å²) in [5.74, 6) is -0.202. The highest BCUT2D eigenvalue weighted by Gasteiger charge is 2.44. The number of carbonyl (C=O) groups excluding carboxylic acids is 1. The average Bonchev–Trinajstić information content (AvgIpc) is 2.97. The van der Waals surface area contributed by atoms with Crippen molar-refractivity contribution in [3.63, 3.8) is 0 Å². The molecule has 1 aliphatic heterocycles. The van der Waals surface area contributed by atoms with Gasteiger partial charge in [-0.3, -0.25) is 4.79 Å². The number of rotatable bonds is 8. The van der Waals surface area contributed by atoms with Crippen molar-refractivity contribution in [1.82, 2.24) is 0 Å². The van der Waals surface area contributed by atoms with Crippen LogP contribution in [0.25, 0.3) is 0 Å². The molecule has 0 aliphatic carbocycles. The van der Waals surface area contributed by atoms with E-state index in [0.29, 0.717) is 13.2 Å². The lowest BCUT2D eigenvalue weighted by Crippen LogP contribution is -2.34. The number of methoxy groups -OCH3 is 1. The zero-order valence-corrected chi connectivity index (χ0v) is 14.2. The van der Waals surface area contributed by atoms with Crippen LogP contribution in [0.1, 0.15) is 11.1 Å². The van der Waals surface area contributed by atoms with Crippen molar-refractivity contribution in [2.24, 2.45) is 0 Å². The van der Waals surface area contributed by atoms with Crippen LogP contribution in [0.4, 0.5) is 0 Å². The lowest BCUT2D eigenvalue weighted by molar-refractivity contribution is -0.154. The van der Waals surface area contributed by atoms with Gasteiger partial charge in [0, 0.05) is 7.11 Å². The zero-order chi connectivity index (χ0) is 17.5. The van der Waals surface area contributed by atoms with Crippen LogP contribution in [0, 0.1) is 0 Å². The summed E-state index contributed by atoms with van der Waals surface area (Å²) in [7, 11) is 1.45. The molecule has 5 nitrogen and oxygen atoms in total. The van der Waals surface area contributed by atoms with E-state index in [9.17, 15) is 4.79 Å². The van der Waals surface area contributed by atoms with Gasteiger partial charge in [0.05, 0.1) is 19.8 Å². The van der Waals surface area contributed by atoms with Gasteiger partial charge in [0.15, 0.2) is 0 Å². The maximum Gasteiger partial charge on any atom is 0.220 e. The quantitative estimate of drug-likeness (QED) is 0.738. The van der Waals surface area contributed by atoms with Gasteiger partial charge < -0.3 is 18.9 Å². The topological polar surface area (TPSA) is 54.0 Å². The summed E-state index contributed by atoms with van der Waals surface area (Å²) < 4.78 is 22.3. The first kappa shape index (κ1) is 17.8. The molecule has 0 saturated carbocycles. The van der Waals surface area contributed by atoms with Crippen LogP contribution in [-0.4, -0.2) is 38.0 Å². The smallest absolute Gasteiger partial charge is 0.220 e. The molecular weight excluding hydrogens is 320 g/mol. The fourth-order valence-electron chi connectivity index (χ4n) is 2.73. The highest BCUT2D eigenvalue weighted by Crippen LogP contribution is 2.22. The lowest BCUT2D eigenvalue weighted by atomic mass is 10.1. The molecular formula is C20H22O5. The van der Waals surface area contributed by atoms with Crippen molar-refractivity contribution in [3.05, 3.63) is 71.8 Å². The monoisotopic (exact) mass is 342 g/mol. The van der Waals surface area contributed by atoms with Crippen molar-refractivity contribution in [2.45, 2.75) is 31.7 Å². The third kappa shape index (κ3) is 4.74. The molecule has 1 saturated heterocycles. The van der Waals surface area contributed by atoms with Gasteiger partial charge in [-0.1, -0.05) is 60.7 Å². The third-order valence-corrected chi connectivity index (χ3v) is 4.03. The molecule has 3 atom stereocenters. The Labute approximate surface area is 147 Å². The zero-order valence-electron chi connectivity index (χ0n) is 14.2. The van der Waals surface area contributed by atoms with Gasteiger partial charge in [-0.2, -0.15) is 0 Å². The van der Waals surface area contributed by atoms with E-state index in [1.165, 1.54) is 7.11 Å². The predicted molar refractivity (Wildman–Crippen MR) is 91.8 cm³/mol. The van der Waals surface area contributed by atoms with E-state index in [1.807, 2.05) is 60.7 Å². The molecule has 0 amide bonds. The largest absolute Gasteiger partial charge is 0.374 e. The normalized spacial score (nSPS) is 23.1. The third-order valence-electron chi connectivity index (χ3n) is 4.03. The highest BCUT2D eigenvalue weighted by atomic mass is 16.7. The second kappa shape index (κ2) is 8.87. The number of benzene rings is 2. The minimum Gasteiger partial charge on any atom is -0.374 e. The first-order chi connectivity index (χ1) is 12.3. The number of ether oxygens (including phenoxy) is 4. The van der Waals surface area contributed by atoms with Crippen LogP contribution < -0.4 is 0 Å². The van der Waals surface area contributed by atoms with E-state index in [4.69, 9.17) is 18.9 Å². The molecule has 0 radical (unpaired) electrons. The second-order valence-electron chi connectivity index (χ2n) is 5.86. The van der Waals surface area contributed by atoms with Gasteiger partial charge in [-0.05, 0) is 11.1 Å². The number of carbonyl (C=O) groups is 1. The van der Waals surface area contributed by atoms with Crippen molar-refractivity contribution in [1.29, 1.82) is 0 Å². The van der Waals surface area contributed by atoms with Gasteiger partial charge in [0.2, 0.25) is 12.1 Å². The first-order valence-electron chi connectivity index (χ1n) is 8.27. The number of hydrogen-bond acceptors (Lipinski definition) is 5. The SMILES string of the molecule is CO[C@@H]1O[C@H](COCc2ccccc2)C(OCc2ccccc2)C1=O. The molecule has 1 fully saturated rings. The molecule has 3 rings (SSSR count). The van der Waals surface area contributed by atoms with E-state index in [1.54, 1.807) is 0 Å². The predicted octanol–water partition coefficient (Wildman–Crippen LogP) is 2.73. The minimum atomic E-state index is -0.897. The Hall–Kier alpha value is -2.05. The summed E-state index contributed by atoms with van der Waals surface area (Å²) in [6.07, 6.45) is -2.07. The van der Waals surface area contributed by atoms with Crippen molar-refractivity contribution in [2.75, 3.05) is 13.7 Å². The molecule has 25 heavy (non-hydrogen) atoms. The van der Waals surface area contributed by atoms with E-state index in [-0.39, 0.29) is 12.4 Å². The molecule has 0 bridgehead atoms. The van der Waals surface area contributed by atoms with Crippen LogP contribution in [0.3, 0.4) is 0 Å². The summed E-state index contributed by atoms with van der Waals surface area (Å²) in [6, 6.07) is 19.6. The van der Waals surface area contributed by atoms with Crippen LogP contribution >= 0.6 is 0 Å². The molecule has 1 heterocycles. The number of ketones is 1. The summed E-state index contributed by atoms with van der Waals surface area (Å²) >= 11 is 0. The Morgan fingerprint density at radius 2 is 1.52 bits per heavy atom. The molecule has 2 aromatic carbocycles. The fraction of sp³-hybridized carbons (Fsp3) is 0.350. The summed E-state index contributed by atoms with van der Waals surface area (Å²) in [5, 5.41) is 0. The fourth-order valence-corrected chi connectivity index (χ4v) is 2.73. The number of hydrogen-bond donors (Lipinski definition) is 0. The Kier molecular flexibility index (Phi) is 6.30. The van der Waals surface area contributed by atoms with Gasteiger partial charge in [0.1, 0.15) is 12.2 Å². The summed E-state index contributed by atoms with van der Waals surface area (Å²) in [5.41, 5.74) is 2.07. The molecule has 5 heteroatoms. The molecule has 1 unspecified atom stereocenters. The maximum atomic E-state index is 12.4. The van der Waals surface area contributed by atoms with Gasteiger partial charge in [-0.25, -0.2) is 0 Å². The summed E-state index contributed by atoms with van der Waals surface area (Å²) in [4.78, 5) is 12.4. The average molecular weight is 342 g/mol. The molecule has 0 N–H and O–H groups in total. The van der Waals surface area contributed by atoms with Gasteiger partial charge in [0.25, 0.3) is 0 Å². The molecule has 2 aromatic rings. The molecule has 132 valence electrons. The minimum absolute atomic E-state index is 0.202. The first-order valence-corrected chi connectivity index (χ1v) is 8.27. The van der Waals surface area contributed by atoms with Crippen LogP contribution in [0.5, 0.6) is 0 Å². The maximum absolute atomic E-state index is 12.4. The molecule has 0 spiro atoms. The van der Waals surface area contributed by atoms with E-state index in [2.05, 4.69) is 0 Å². The highest BCUT2D eigenvalue weighted by molar-refractivity contribution is 5.88. The van der Waals surface area contributed by atoms with E-state index < -0.39 is 18.5 Å². The number of Topliss-reactive ketones (excluding diaryl/α,β-unsaturated/α-hetero) is 1. The van der Waals surface area contributed by atoms with Crippen LogP contribution in [-0.2, 0) is 37.0 Å². The van der Waals surface area contributed by atoms with Crippen LogP contribution in [0.2, 0.25) is 0 Å². The Balaban J connectivity index is 1.56. The summed E-state index contributed by atoms with van der Waals surface area (Å²) in [6.45, 7) is 1.06. The van der Waals surface area contributed by atoms with Crippen molar-refractivity contribution < 1.29 is 23.7 Å². The second-order valence-corrected chi connectivity index (χ2v) is 5.86. The van der Waals surface area contributed by atoms with Crippen LogP contribution in [0.15, 0.2) is 60.7 Å². The lowest BCUT2D eigenvalue weighted by Gasteiger charge is -2.17. The Bertz CT molecular complexity index is 658. The van der Waals surface area contributed by atoms with Gasteiger partial charge in [-0.15, -0.1) is 0 Å². The molecule has 0 aromatic heterocycles. The van der Waals surface area contributed by atoms with E-state index in [0.717, 1.165) is 11.1 Å². The van der Waals surface area contributed by atoms with Gasteiger partial charge >= 0.3 is 0 Å². The standard InChI is InChI=1S/C20H22O5/c1-22-20-18(21)19(24-13-16-10-6-3-7-11-16)17(25-20)14-23-12-15-8-4-2-5-9-15/h2-11,17,19-20H,12-14H2,1H3/t17-,19?,20-/m1/s1. The Morgan fingerprint density at radius 1 is 0.920 bits per heavy atom. The van der Waals surface area contributed by atoms with Crippen molar-refractivity contribution >= 4 is 5.78 Å². The van der Waals surface area contributed by atoms with Crippen molar-refractivity contribution in [3.8, 4) is 0 Å².